The number of rotatable bonds is 5. The molecule has 6 heteroatoms. The van der Waals surface area contributed by atoms with Gasteiger partial charge in [0.15, 0.2) is 0 Å². The second kappa shape index (κ2) is 8.52. The van der Waals surface area contributed by atoms with Crippen LogP contribution < -0.4 is 10.9 Å². The van der Waals surface area contributed by atoms with E-state index >= 15 is 0 Å². The number of fused-ring (bicyclic) bond motifs is 2. The van der Waals surface area contributed by atoms with Gasteiger partial charge in [0.1, 0.15) is 11.2 Å². The lowest BCUT2D eigenvalue weighted by molar-refractivity contribution is -0.120. The molecule has 2 aromatic heterocycles. The average Bonchev–Trinajstić information content (AvgIpc) is 3.21. The second-order valence-electron chi connectivity index (χ2n) is 9.55. The third-order valence-electron chi connectivity index (χ3n) is 6.16. The molecule has 2 heterocycles. The number of aryl methyl sites for hydroxylation is 2. The zero-order valence-corrected chi connectivity index (χ0v) is 19.6. The topological polar surface area (TPSA) is 92.7 Å². The van der Waals surface area contributed by atoms with E-state index in [4.69, 9.17) is 8.83 Å². The maximum Gasteiger partial charge on any atom is 0.340 e. The minimum Gasteiger partial charge on any atom is -0.464 e. The number of furan rings is 1. The third kappa shape index (κ3) is 4.31. The summed E-state index contributed by atoms with van der Waals surface area (Å²) in [5.41, 5.74) is 4.11. The molecule has 0 bridgehead atoms. The van der Waals surface area contributed by atoms with E-state index in [1.165, 1.54) is 0 Å². The van der Waals surface area contributed by atoms with Gasteiger partial charge in [0, 0.05) is 28.4 Å². The Kier molecular flexibility index (Phi) is 5.89. The molecule has 0 aliphatic rings. The Labute approximate surface area is 192 Å². The summed E-state index contributed by atoms with van der Waals surface area (Å²) >= 11 is 0. The minimum atomic E-state index is -0.822. The van der Waals surface area contributed by atoms with Crippen LogP contribution in [0.1, 0.15) is 54.7 Å². The van der Waals surface area contributed by atoms with E-state index in [9.17, 15) is 14.7 Å². The van der Waals surface area contributed by atoms with Gasteiger partial charge in [-0.2, -0.15) is 0 Å². The van der Waals surface area contributed by atoms with E-state index < -0.39 is 11.7 Å². The van der Waals surface area contributed by atoms with Crippen LogP contribution in [-0.4, -0.2) is 17.6 Å². The molecule has 4 aromatic rings. The van der Waals surface area contributed by atoms with Gasteiger partial charge in [-0.05, 0) is 36.5 Å². The predicted octanol–water partition coefficient (Wildman–Crippen LogP) is 4.85. The average molecular weight is 448 g/mol. The standard InChI is InChI=1S/C27H29NO5/c1-15-18-11-20-21(27(3,4)5)14-32-24(20)16(2)25(18)33-26(31)19(15)12-23(30)28-13-22(29)17-9-7-6-8-10-17/h6-11,14,22,29H,12-13H2,1-5H3,(H,28,30). The summed E-state index contributed by atoms with van der Waals surface area (Å²) in [5, 5.41) is 14.8. The first-order valence-electron chi connectivity index (χ1n) is 11.0. The van der Waals surface area contributed by atoms with Gasteiger partial charge < -0.3 is 19.3 Å². The van der Waals surface area contributed by atoms with Gasteiger partial charge in [-0.15, -0.1) is 0 Å². The van der Waals surface area contributed by atoms with Crippen LogP contribution in [-0.2, 0) is 16.6 Å². The summed E-state index contributed by atoms with van der Waals surface area (Å²) in [6.07, 6.45) is 0.813. The van der Waals surface area contributed by atoms with Crippen molar-refractivity contribution in [1.82, 2.24) is 5.32 Å². The number of benzene rings is 2. The normalized spacial score (nSPS) is 12.9. The maximum atomic E-state index is 12.8. The number of carbonyl (C=O) groups excluding carboxylic acids is 1. The number of nitrogens with one attached hydrogen (secondary N) is 1. The number of aliphatic hydroxyl groups excluding tert-OH is 1. The lowest BCUT2D eigenvalue weighted by Crippen LogP contribution is -2.31. The number of hydrogen-bond acceptors (Lipinski definition) is 5. The lowest BCUT2D eigenvalue weighted by atomic mass is 9.86. The highest BCUT2D eigenvalue weighted by molar-refractivity contribution is 6.00. The molecule has 172 valence electrons. The zero-order valence-electron chi connectivity index (χ0n) is 19.6. The van der Waals surface area contributed by atoms with Crippen LogP contribution in [0.2, 0.25) is 0 Å². The molecule has 0 radical (unpaired) electrons. The van der Waals surface area contributed by atoms with Crippen LogP contribution in [0.3, 0.4) is 0 Å². The van der Waals surface area contributed by atoms with Gasteiger partial charge in [-0.3, -0.25) is 4.79 Å². The van der Waals surface area contributed by atoms with Crippen molar-refractivity contribution in [3.8, 4) is 0 Å². The van der Waals surface area contributed by atoms with Gasteiger partial charge in [-0.25, -0.2) is 4.79 Å². The number of carbonyl (C=O) groups is 1. The molecule has 4 rings (SSSR count). The summed E-state index contributed by atoms with van der Waals surface area (Å²) in [6, 6.07) is 11.1. The number of aliphatic hydroxyl groups is 1. The van der Waals surface area contributed by atoms with Crippen molar-refractivity contribution >= 4 is 27.8 Å². The summed E-state index contributed by atoms with van der Waals surface area (Å²) in [4.78, 5) is 25.4. The molecule has 6 nitrogen and oxygen atoms in total. The van der Waals surface area contributed by atoms with Crippen molar-refractivity contribution < 1.29 is 18.7 Å². The summed E-state index contributed by atoms with van der Waals surface area (Å²) in [7, 11) is 0. The van der Waals surface area contributed by atoms with Gasteiger partial charge in [0.05, 0.1) is 24.4 Å². The van der Waals surface area contributed by atoms with E-state index in [0.29, 0.717) is 27.9 Å². The summed E-state index contributed by atoms with van der Waals surface area (Å²) in [6.45, 7) is 10.1. The van der Waals surface area contributed by atoms with Crippen LogP contribution in [0.5, 0.6) is 0 Å². The smallest absolute Gasteiger partial charge is 0.340 e. The van der Waals surface area contributed by atoms with Crippen LogP contribution in [0.4, 0.5) is 0 Å². The van der Waals surface area contributed by atoms with Crippen molar-refractivity contribution in [2.24, 2.45) is 0 Å². The Morgan fingerprint density at radius 1 is 1.06 bits per heavy atom. The largest absolute Gasteiger partial charge is 0.464 e. The fourth-order valence-corrected chi connectivity index (χ4v) is 4.21. The van der Waals surface area contributed by atoms with Crippen LogP contribution in [0, 0.1) is 13.8 Å². The van der Waals surface area contributed by atoms with Gasteiger partial charge in [0.2, 0.25) is 5.91 Å². The molecule has 1 atom stereocenters. The molecule has 0 aliphatic carbocycles. The predicted molar refractivity (Wildman–Crippen MR) is 129 cm³/mol. The zero-order chi connectivity index (χ0) is 23.9. The van der Waals surface area contributed by atoms with Crippen LogP contribution in [0.25, 0.3) is 21.9 Å². The molecule has 2 N–H and O–H groups in total. The van der Waals surface area contributed by atoms with Crippen molar-refractivity contribution in [3.05, 3.63) is 80.9 Å². The highest BCUT2D eigenvalue weighted by Crippen LogP contribution is 2.37. The SMILES string of the molecule is Cc1c(CC(=O)NCC(O)c2ccccc2)c(=O)oc2c(C)c3occ(C(C)(C)C)c3cc12. The summed E-state index contributed by atoms with van der Waals surface area (Å²) in [5.74, 6) is -0.351. The van der Waals surface area contributed by atoms with E-state index in [2.05, 4.69) is 26.1 Å². The number of hydrogen-bond donors (Lipinski definition) is 2. The quantitative estimate of drug-likeness (QED) is 0.427. The molecule has 0 fully saturated rings. The molecule has 33 heavy (non-hydrogen) atoms. The second-order valence-corrected chi connectivity index (χ2v) is 9.55. The molecule has 0 spiro atoms. The highest BCUT2D eigenvalue weighted by atomic mass is 16.4. The first-order chi connectivity index (χ1) is 15.6. The first kappa shape index (κ1) is 22.8. The molecule has 0 saturated carbocycles. The number of amides is 1. The Hall–Kier alpha value is -3.38. The van der Waals surface area contributed by atoms with Crippen molar-refractivity contribution in [2.45, 2.75) is 52.6 Å². The van der Waals surface area contributed by atoms with Gasteiger partial charge in [-0.1, -0.05) is 51.1 Å². The highest BCUT2D eigenvalue weighted by Gasteiger charge is 2.24. The van der Waals surface area contributed by atoms with E-state index in [0.717, 1.165) is 21.9 Å². The summed E-state index contributed by atoms with van der Waals surface area (Å²) < 4.78 is 11.5. The lowest BCUT2D eigenvalue weighted by Gasteiger charge is -2.17. The Balaban J connectivity index is 1.66. The maximum absolute atomic E-state index is 12.8. The van der Waals surface area contributed by atoms with Gasteiger partial charge in [0.25, 0.3) is 0 Å². The van der Waals surface area contributed by atoms with E-state index in [1.807, 2.05) is 38.1 Å². The molecule has 1 amide bonds. The first-order valence-corrected chi connectivity index (χ1v) is 11.0. The molecule has 1 unspecified atom stereocenters. The van der Waals surface area contributed by atoms with Crippen LogP contribution >= 0.6 is 0 Å². The Morgan fingerprint density at radius 2 is 1.76 bits per heavy atom. The van der Waals surface area contributed by atoms with Crippen molar-refractivity contribution in [2.75, 3.05) is 6.54 Å². The van der Waals surface area contributed by atoms with E-state index in [1.54, 1.807) is 18.4 Å². The molecule has 0 aliphatic heterocycles. The Morgan fingerprint density at radius 3 is 2.42 bits per heavy atom. The van der Waals surface area contributed by atoms with Crippen molar-refractivity contribution in [1.29, 1.82) is 0 Å². The van der Waals surface area contributed by atoms with Crippen molar-refractivity contribution in [3.63, 3.8) is 0 Å². The Bertz CT molecular complexity index is 1390. The molecule has 0 saturated heterocycles. The third-order valence-corrected chi connectivity index (χ3v) is 6.16. The fraction of sp³-hybridized carbons (Fsp3) is 0.333. The fourth-order valence-electron chi connectivity index (χ4n) is 4.21. The minimum absolute atomic E-state index is 0.0600. The molecular formula is C27H29NO5. The van der Waals surface area contributed by atoms with Gasteiger partial charge >= 0.3 is 5.63 Å². The molecule has 2 aromatic carbocycles. The van der Waals surface area contributed by atoms with Crippen LogP contribution in [0.15, 0.2) is 56.3 Å². The monoisotopic (exact) mass is 447 g/mol. The van der Waals surface area contributed by atoms with E-state index in [-0.39, 0.29) is 24.3 Å². The molecular weight excluding hydrogens is 418 g/mol.